The average molecular weight is 464 g/mol. The van der Waals surface area contributed by atoms with E-state index in [0.29, 0.717) is 0 Å². The van der Waals surface area contributed by atoms with E-state index in [9.17, 15) is 0 Å². The van der Waals surface area contributed by atoms with Gasteiger partial charge >= 0.3 is 0 Å². The maximum atomic E-state index is 8.07. The van der Waals surface area contributed by atoms with Gasteiger partial charge in [-0.3, -0.25) is 0 Å². The van der Waals surface area contributed by atoms with E-state index in [-0.39, 0.29) is 0 Å². The number of benzene rings is 5. The SMILES string of the molecule is N=Cc1ccc(C=N)c(-n2c3ccc(-c4ccccc4)cc3c3c4oc5ccccc5c4ccc32)c1. The van der Waals surface area contributed by atoms with Crippen molar-refractivity contribution in [3.05, 3.63) is 114 Å². The van der Waals surface area contributed by atoms with E-state index in [1.165, 1.54) is 12.4 Å². The fourth-order valence-electron chi connectivity index (χ4n) is 5.32. The van der Waals surface area contributed by atoms with Crippen LogP contribution in [-0.4, -0.2) is 17.0 Å². The van der Waals surface area contributed by atoms with Crippen LogP contribution in [-0.2, 0) is 0 Å². The van der Waals surface area contributed by atoms with Crippen molar-refractivity contribution in [2.45, 2.75) is 0 Å². The zero-order valence-corrected chi connectivity index (χ0v) is 19.3. The highest BCUT2D eigenvalue weighted by Crippen LogP contribution is 2.42. The Morgan fingerprint density at radius 3 is 2.25 bits per heavy atom. The van der Waals surface area contributed by atoms with E-state index >= 15 is 0 Å². The van der Waals surface area contributed by atoms with E-state index in [1.807, 2.05) is 42.5 Å². The lowest BCUT2D eigenvalue weighted by molar-refractivity contribution is 0.673. The van der Waals surface area contributed by atoms with Gasteiger partial charge in [0, 0.05) is 34.2 Å². The minimum atomic E-state index is 0.788. The molecular weight excluding hydrogens is 442 g/mol. The van der Waals surface area contributed by atoms with Crippen LogP contribution in [0, 0.1) is 10.8 Å². The highest BCUT2D eigenvalue weighted by atomic mass is 16.3. The monoisotopic (exact) mass is 463 g/mol. The predicted molar refractivity (Wildman–Crippen MR) is 149 cm³/mol. The van der Waals surface area contributed by atoms with E-state index in [2.05, 4.69) is 65.2 Å². The first-order chi connectivity index (χ1) is 17.8. The molecule has 0 atom stereocenters. The number of rotatable bonds is 4. The molecular formula is C32H21N3O. The second kappa shape index (κ2) is 7.79. The smallest absolute Gasteiger partial charge is 0.145 e. The second-order valence-electron chi connectivity index (χ2n) is 8.97. The molecule has 0 aliphatic carbocycles. The molecule has 0 spiro atoms. The largest absolute Gasteiger partial charge is 0.455 e. The number of hydrogen-bond donors (Lipinski definition) is 2. The molecule has 2 aromatic heterocycles. The van der Waals surface area contributed by atoms with Gasteiger partial charge in [-0.1, -0.05) is 66.7 Å². The molecule has 4 nitrogen and oxygen atoms in total. The van der Waals surface area contributed by atoms with Crippen LogP contribution in [0.4, 0.5) is 0 Å². The van der Waals surface area contributed by atoms with E-state index in [0.717, 1.165) is 71.7 Å². The van der Waals surface area contributed by atoms with Crippen LogP contribution in [0.3, 0.4) is 0 Å². The van der Waals surface area contributed by atoms with Gasteiger partial charge in [-0.2, -0.15) is 0 Å². The van der Waals surface area contributed by atoms with Crippen LogP contribution >= 0.6 is 0 Å². The molecule has 0 saturated carbocycles. The summed E-state index contributed by atoms with van der Waals surface area (Å²) in [5.41, 5.74) is 8.50. The van der Waals surface area contributed by atoms with Crippen LogP contribution in [0.25, 0.3) is 60.6 Å². The summed E-state index contributed by atoms with van der Waals surface area (Å²) in [4.78, 5) is 0. The quantitative estimate of drug-likeness (QED) is 0.253. The molecule has 5 aromatic carbocycles. The molecule has 2 N–H and O–H groups in total. The van der Waals surface area contributed by atoms with Gasteiger partial charge < -0.3 is 19.8 Å². The van der Waals surface area contributed by atoms with Gasteiger partial charge in [-0.25, -0.2) is 0 Å². The summed E-state index contributed by atoms with van der Waals surface area (Å²) in [6.07, 6.45) is 2.72. The molecule has 0 saturated heterocycles. The molecule has 2 heterocycles. The Bertz CT molecular complexity index is 1980. The van der Waals surface area contributed by atoms with Crippen LogP contribution < -0.4 is 0 Å². The van der Waals surface area contributed by atoms with E-state index in [1.54, 1.807) is 0 Å². The highest BCUT2D eigenvalue weighted by Gasteiger charge is 2.20. The third-order valence-corrected chi connectivity index (χ3v) is 7.00. The third-order valence-electron chi connectivity index (χ3n) is 7.00. The van der Waals surface area contributed by atoms with Crippen LogP contribution in [0.1, 0.15) is 11.1 Å². The number of nitrogens with one attached hydrogen (secondary N) is 2. The Hall–Kier alpha value is -4.96. The summed E-state index contributed by atoms with van der Waals surface area (Å²) in [6.45, 7) is 0. The fourth-order valence-corrected chi connectivity index (χ4v) is 5.32. The maximum Gasteiger partial charge on any atom is 0.145 e. The maximum absolute atomic E-state index is 8.07. The number of furan rings is 1. The molecule has 0 fully saturated rings. The van der Waals surface area contributed by atoms with Gasteiger partial charge in [0.1, 0.15) is 11.2 Å². The molecule has 0 radical (unpaired) electrons. The fraction of sp³-hybridized carbons (Fsp3) is 0. The Balaban J connectivity index is 1.68. The van der Waals surface area contributed by atoms with Crippen molar-refractivity contribution in [2.75, 3.05) is 0 Å². The zero-order chi connectivity index (χ0) is 24.2. The van der Waals surface area contributed by atoms with Crippen molar-refractivity contribution in [1.29, 1.82) is 10.8 Å². The molecule has 0 aliphatic heterocycles. The van der Waals surface area contributed by atoms with Crippen molar-refractivity contribution in [2.24, 2.45) is 0 Å². The van der Waals surface area contributed by atoms with Crippen molar-refractivity contribution in [3.8, 4) is 16.8 Å². The zero-order valence-electron chi connectivity index (χ0n) is 19.3. The minimum Gasteiger partial charge on any atom is -0.455 e. The molecule has 4 heteroatoms. The van der Waals surface area contributed by atoms with Crippen molar-refractivity contribution in [1.82, 2.24) is 4.57 Å². The molecule has 0 bridgehead atoms. The summed E-state index contributed by atoms with van der Waals surface area (Å²) in [6, 6.07) is 35.1. The summed E-state index contributed by atoms with van der Waals surface area (Å²) >= 11 is 0. The van der Waals surface area contributed by atoms with Crippen LogP contribution in [0.2, 0.25) is 0 Å². The first kappa shape index (κ1) is 20.4. The summed E-state index contributed by atoms with van der Waals surface area (Å²) in [7, 11) is 0. The van der Waals surface area contributed by atoms with Gasteiger partial charge in [-0.05, 0) is 53.1 Å². The van der Waals surface area contributed by atoms with Crippen LogP contribution in [0.5, 0.6) is 0 Å². The Morgan fingerprint density at radius 1 is 0.611 bits per heavy atom. The normalized spacial score (nSPS) is 11.6. The summed E-state index contributed by atoms with van der Waals surface area (Å²) < 4.78 is 8.67. The first-order valence-corrected chi connectivity index (χ1v) is 11.9. The first-order valence-electron chi connectivity index (χ1n) is 11.9. The topological polar surface area (TPSA) is 65.8 Å². The molecule has 170 valence electrons. The predicted octanol–water partition coefficient (Wildman–Crippen LogP) is 8.35. The molecule has 0 aliphatic rings. The average Bonchev–Trinajstić information content (AvgIpc) is 3.48. The van der Waals surface area contributed by atoms with E-state index < -0.39 is 0 Å². The molecule has 0 unspecified atom stereocenters. The molecule has 36 heavy (non-hydrogen) atoms. The minimum absolute atomic E-state index is 0.788. The Morgan fingerprint density at radius 2 is 1.42 bits per heavy atom. The van der Waals surface area contributed by atoms with Gasteiger partial charge in [-0.15, -0.1) is 0 Å². The Kier molecular flexibility index (Phi) is 4.42. The van der Waals surface area contributed by atoms with Crippen molar-refractivity contribution >= 4 is 56.2 Å². The number of para-hydroxylation sites is 1. The Labute approximate surface area is 207 Å². The highest BCUT2D eigenvalue weighted by molar-refractivity contribution is 6.24. The standard InChI is InChI=1S/C32H21N3O/c33-18-20-10-11-23(19-34)29(16-20)35-27-14-12-22(21-6-2-1-3-7-21)17-26(27)31-28(35)15-13-25-24-8-4-5-9-30(24)36-32(25)31/h1-19,33-34H. The van der Waals surface area contributed by atoms with Crippen molar-refractivity contribution in [3.63, 3.8) is 0 Å². The van der Waals surface area contributed by atoms with Crippen LogP contribution in [0.15, 0.2) is 108 Å². The number of aromatic nitrogens is 1. The number of fused-ring (bicyclic) bond motifs is 7. The number of hydrogen-bond acceptors (Lipinski definition) is 3. The molecule has 7 aromatic rings. The lowest BCUT2D eigenvalue weighted by Gasteiger charge is -2.12. The van der Waals surface area contributed by atoms with Crippen molar-refractivity contribution < 1.29 is 4.42 Å². The van der Waals surface area contributed by atoms with Gasteiger partial charge in [0.25, 0.3) is 0 Å². The molecule has 0 amide bonds. The van der Waals surface area contributed by atoms with Gasteiger partial charge in [0.15, 0.2) is 0 Å². The summed E-state index contributed by atoms with van der Waals surface area (Å²) in [5, 5.41) is 20.2. The van der Waals surface area contributed by atoms with Gasteiger partial charge in [0.05, 0.1) is 22.1 Å². The number of nitrogens with zero attached hydrogens (tertiary/aromatic N) is 1. The van der Waals surface area contributed by atoms with E-state index in [4.69, 9.17) is 15.2 Å². The summed E-state index contributed by atoms with van der Waals surface area (Å²) in [5.74, 6) is 0. The molecule has 7 rings (SSSR count). The second-order valence-corrected chi connectivity index (χ2v) is 8.97. The lowest BCUT2D eigenvalue weighted by Crippen LogP contribution is -2.00. The van der Waals surface area contributed by atoms with Gasteiger partial charge in [0.2, 0.25) is 0 Å². The lowest BCUT2D eigenvalue weighted by atomic mass is 10.0. The third kappa shape index (κ3) is 2.88.